The first-order chi connectivity index (χ1) is 37.6. The molecule has 11 unspecified atom stereocenters. The predicted molar refractivity (Wildman–Crippen MR) is 307 cm³/mol. The van der Waals surface area contributed by atoms with Gasteiger partial charge in [0.1, 0.15) is 54.9 Å². The van der Waals surface area contributed by atoms with Crippen molar-refractivity contribution in [2.75, 3.05) is 33.0 Å². The van der Waals surface area contributed by atoms with E-state index in [1.165, 1.54) is 83.5 Å². The number of rotatable bonds is 48. The van der Waals surface area contributed by atoms with Gasteiger partial charge in [0.15, 0.2) is 12.6 Å². The second-order valence-corrected chi connectivity index (χ2v) is 20.8. The van der Waals surface area contributed by atoms with E-state index in [0.717, 1.165) is 96.3 Å². The molecule has 2 fully saturated rings. The van der Waals surface area contributed by atoms with Crippen LogP contribution < -0.4 is 0 Å². The molecule has 77 heavy (non-hydrogen) atoms. The van der Waals surface area contributed by atoms with Gasteiger partial charge in [-0.2, -0.15) is 0 Å². The molecule has 2 rings (SSSR count). The van der Waals surface area contributed by atoms with Crippen molar-refractivity contribution in [3.8, 4) is 0 Å². The van der Waals surface area contributed by atoms with Crippen LogP contribution in [0.3, 0.4) is 0 Å². The lowest BCUT2D eigenvalue weighted by atomic mass is 9.98. The number of hydrogen-bond donors (Lipinski definition) is 7. The highest BCUT2D eigenvalue weighted by molar-refractivity contribution is 5.69. The zero-order chi connectivity index (χ0) is 55.8. The molecule has 0 spiro atoms. The summed E-state index contributed by atoms with van der Waals surface area (Å²) in [5.74, 6) is -0.389. The fraction of sp³-hybridized carbons (Fsp3) is 0.762. The molecule has 444 valence electrons. The van der Waals surface area contributed by atoms with Crippen LogP contribution in [0.2, 0.25) is 0 Å². The van der Waals surface area contributed by atoms with Crippen LogP contribution >= 0.6 is 0 Å². The normalized spacial score (nSPS) is 24.9. The van der Waals surface area contributed by atoms with E-state index in [4.69, 9.17) is 28.4 Å². The maximum absolute atomic E-state index is 13.1. The summed E-state index contributed by atoms with van der Waals surface area (Å²) >= 11 is 0. The summed E-state index contributed by atoms with van der Waals surface area (Å²) in [5.41, 5.74) is 0. The number of unbranched alkanes of at least 4 members (excludes halogenated alkanes) is 20. The molecule has 2 saturated heterocycles. The molecule has 2 aliphatic rings. The number of aliphatic hydroxyl groups excluding tert-OH is 7. The number of ether oxygens (including phenoxy) is 6. The molecule has 0 saturated carbocycles. The average Bonchev–Trinajstić information content (AvgIpc) is 3.43. The van der Waals surface area contributed by atoms with Crippen molar-refractivity contribution in [3.05, 3.63) is 85.1 Å². The third-order valence-corrected chi connectivity index (χ3v) is 13.9. The maximum Gasteiger partial charge on any atom is 0.306 e. The Morgan fingerprint density at radius 3 is 1.32 bits per heavy atom. The van der Waals surface area contributed by atoms with Gasteiger partial charge in [-0.3, -0.25) is 4.79 Å². The van der Waals surface area contributed by atoms with E-state index < -0.39 is 80.7 Å². The van der Waals surface area contributed by atoms with E-state index in [1.54, 1.807) is 0 Å². The number of allylic oxidation sites excluding steroid dienone is 14. The van der Waals surface area contributed by atoms with Crippen LogP contribution in [0.4, 0.5) is 0 Å². The fourth-order valence-corrected chi connectivity index (χ4v) is 9.05. The molecular weight excluding hydrogens is 981 g/mol. The van der Waals surface area contributed by atoms with Crippen LogP contribution in [-0.4, -0.2) is 142 Å². The van der Waals surface area contributed by atoms with E-state index in [-0.39, 0.29) is 25.6 Å². The first kappa shape index (κ1) is 70.3. The molecule has 11 atom stereocenters. The van der Waals surface area contributed by atoms with Crippen LogP contribution in [0.25, 0.3) is 0 Å². The Kier molecular flexibility index (Phi) is 44.7. The molecule has 2 heterocycles. The third kappa shape index (κ3) is 35.5. The van der Waals surface area contributed by atoms with Gasteiger partial charge in [0.2, 0.25) is 0 Å². The molecule has 0 aromatic heterocycles. The molecule has 7 N–H and O–H groups in total. The Labute approximate surface area is 465 Å². The second kappa shape index (κ2) is 49.0. The Morgan fingerprint density at radius 2 is 0.844 bits per heavy atom. The van der Waals surface area contributed by atoms with E-state index in [0.29, 0.717) is 13.0 Å². The molecule has 0 aromatic carbocycles. The Bertz CT molecular complexity index is 1590. The highest BCUT2D eigenvalue weighted by atomic mass is 16.7. The third-order valence-electron chi connectivity index (χ3n) is 13.9. The van der Waals surface area contributed by atoms with Crippen LogP contribution in [0.5, 0.6) is 0 Å². The standard InChI is InChI=1S/C63H108O14/c1-3-5-7-9-11-13-15-17-19-21-23-25-26-27-28-30-32-34-36-38-40-42-44-46-55(65)75-52(49-72-47-45-43-41-39-37-35-33-31-29-24-22-20-18-16-14-12-10-8-6-4-2)50-73-62-61(71)59(69)57(67)54(77-62)51-74-63-60(70)58(68)56(66)53(48-64)76-63/h6,8,12,14-15,17-18,20-21,23-24,26-27,29,52-54,56-64,66-71H,3-5,7,9-11,13,16,19,22,25,28,30-51H2,1-2H3/b8-6-,14-12-,17-15-,20-18-,23-21-,27-26-,29-24-. The second-order valence-electron chi connectivity index (χ2n) is 20.8. The van der Waals surface area contributed by atoms with Crippen molar-refractivity contribution in [1.82, 2.24) is 0 Å². The molecule has 0 bridgehead atoms. The zero-order valence-corrected chi connectivity index (χ0v) is 47.7. The summed E-state index contributed by atoms with van der Waals surface area (Å²) in [7, 11) is 0. The lowest BCUT2D eigenvalue weighted by molar-refractivity contribution is -0.332. The number of hydrogen-bond acceptors (Lipinski definition) is 14. The van der Waals surface area contributed by atoms with Crippen molar-refractivity contribution >= 4 is 5.97 Å². The molecule has 0 aliphatic carbocycles. The first-order valence-electron chi connectivity index (χ1n) is 30.2. The zero-order valence-electron chi connectivity index (χ0n) is 47.7. The summed E-state index contributed by atoms with van der Waals surface area (Å²) in [6, 6.07) is 0. The Balaban J connectivity index is 1.72. The van der Waals surface area contributed by atoms with Gasteiger partial charge in [-0.1, -0.05) is 195 Å². The fourth-order valence-electron chi connectivity index (χ4n) is 9.05. The summed E-state index contributed by atoms with van der Waals surface area (Å²) in [6.45, 7) is 3.53. The highest BCUT2D eigenvalue weighted by Crippen LogP contribution is 2.26. The average molecular weight is 1090 g/mol. The summed E-state index contributed by atoms with van der Waals surface area (Å²) in [5, 5.41) is 72.4. The molecular formula is C63H108O14. The number of aliphatic hydroxyl groups is 7. The minimum absolute atomic E-state index is 0.0464. The Hall–Kier alpha value is -2.83. The minimum Gasteiger partial charge on any atom is -0.457 e. The summed E-state index contributed by atoms with van der Waals surface area (Å²) in [4.78, 5) is 13.1. The number of esters is 1. The van der Waals surface area contributed by atoms with Crippen molar-refractivity contribution in [2.24, 2.45) is 0 Å². The van der Waals surface area contributed by atoms with Crippen LogP contribution in [0, 0.1) is 0 Å². The molecule has 2 aliphatic heterocycles. The van der Waals surface area contributed by atoms with Crippen LogP contribution in [-0.2, 0) is 33.2 Å². The van der Waals surface area contributed by atoms with Gasteiger partial charge in [-0.15, -0.1) is 0 Å². The van der Waals surface area contributed by atoms with Gasteiger partial charge >= 0.3 is 5.97 Å². The topological polar surface area (TPSA) is 214 Å². The molecule has 0 radical (unpaired) electrons. The van der Waals surface area contributed by atoms with E-state index in [9.17, 15) is 40.5 Å². The van der Waals surface area contributed by atoms with Crippen molar-refractivity contribution in [3.63, 3.8) is 0 Å². The van der Waals surface area contributed by atoms with Crippen molar-refractivity contribution in [1.29, 1.82) is 0 Å². The van der Waals surface area contributed by atoms with Gasteiger partial charge in [0, 0.05) is 13.0 Å². The minimum atomic E-state index is -1.72. The van der Waals surface area contributed by atoms with E-state index >= 15 is 0 Å². The van der Waals surface area contributed by atoms with Crippen molar-refractivity contribution in [2.45, 2.75) is 274 Å². The van der Waals surface area contributed by atoms with Gasteiger partial charge in [0.25, 0.3) is 0 Å². The summed E-state index contributed by atoms with van der Waals surface area (Å²) in [6.07, 6.45) is 47.8. The molecule has 0 amide bonds. The summed E-state index contributed by atoms with van der Waals surface area (Å²) < 4.78 is 34.4. The van der Waals surface area contributed by atoms with Gasteiger partial charge in [-0.05, 0) is 89.9 Å². The van der Waals surface area contributed by atoms with Crippen molar-refractivity contribution < 1.29 is 69.0 Å². The van der Waals surface area contributed by atoms with Gasteiger partial charge in [0.05, 0.1) is 26.4 Å². The van der Waals surface area contributed by atoms with Gasteiger partial charge < -0.3 is 64.2 Å². The lowest BCUT2D eigenvalue weighted by Gasteiger charge is -2.42. The SMILES string of the molecule is CC/C=C\C/C=C\C/C=C\C/C=C\CCCCCCCCCOCC(COC1OC(COC2OC(CO)C(O)C(O)C2O)C(O)C(O)C1O)OC(=O)CCCCCCCCCC/C=C\C/C=C\C/C=C\CCCCCCC. The molecule has 14 nitrogen and oxygen atoms in total. The molecule has 14 heteroatoms. The quantitative estimate of drug-likeness (QED) is 0.0172. The number of carbonyl (C=O) groups excluding carboxylic acids is 1. The first-order valence-corrected chi connectivity index (χ1v) is 30.2. The van der Waals surface area contributed by atoms with Crippen LogP contribution in [0.15, 0.2) is 85.1 Å². The van der Waals surface area contributed by atoms with E-state index in [2.05, 4.69) is 98.9 Å². The maximum atomic E-state index is 13.1. The lowest BCUT2D eigenvalue weighted by Crippen LogP contribution is -2.61. The molecule has 0 aromatic rings. The largest absolute Gasteiger partial charge is 0.457 e. The highest BCUT2D eigenvalue weighted by Gasteiger charge is 2.47. The Morgan fingerprint density at radius 1 is 0.442 bits per heavy atom. The monoisotopic (exact) mass is 1090 g/mol. The number of carbonyl (C=O) groups is 1. The van der Waals surface area contributed by atoms with Crippen LogP contribution in [0.1, 0.15) is 206 Å². The predicted octanol–water partition coefficient (Wildman–Crippen LogP) is 11.2. The van der Waals surface area contributed by atoms with Gasteiger partial charge in [-0.25, -0.2) is 0 Å². The van der Waals surface area contributed by atoms with E-state index in [1.807, 2.05) is 0 Å². The smallest absolute Gasteiger partial charge is 0.306 e.